The molecule has 40 heavy (non-hydrogen) atoms. The van der Waals surface area contributed by atoms with Gasteiger partial charge in [-0.25, -0.2) is 9.97 Å². The molecule has 1 amide bonds. The topological polar surface area (TPSA) is 141 Å². The molecule has 6 rings (SSSR count). The minimum Gasteiger partial charge on any atom is -0.397 e. The van der Waals surface area contributed by atoms with E-state index in [0.29, 0.717) is 35.9 Å². The highest BCUT2D eigenvalue weighted by atomic mass is 16.2. The molecule has 0 bridgehead atoms. The molecular weight excluding hydrogens is 502 g/mol. The maximum atomic E-state index is 13.1. The van der Waals surface area contributed by atoms with Gasteiger partial charge in [-0.05, 0) is 55.7 Å². The van der Waals surface area contributed by atoms with Crippen molar-refractivity contribution in [2.24, 2.45) is 0 Å². The van der Waals surface area contributed by atoms with Crippen LogP contribution in [-0.2, 0) is 0 Å². The minimum absolute atomic E-state index is 0.0953. The molecule has 1 aliphatic rings. The van der Waals surface area contributed by atoms with Crippen LogP contribution >= 0.6 is 0 Å². The number of carbonyl (C=O) groups excluding carboxylic acids is 1. The quantitative estimate of drug-likeness (QED) is 0.338. The van der Waals surface area contributed by atoms with Crippen LogP contribution in [0, 0.1) is 0 Å². The van der Waals surface area contributed by atoms with Gasteiger partial charge >= 0.3 is 0 Å². The molecule has 0 radical (unpaired) electrons. The van der Waals surface area contributed by atoms with E-state index in [0.717, 1.165) is 52.1 Å². The summed E-state index contributed by atoms with van der Waals surface area (Å²) in [4.78, 5) is 33.0. The van der Waals surface area contributed by atoms with Crippen molar-refractivity contribution >= 4 is 28.6 Å². The number of fused-ring (bicyclic) bond motifs is 1. The van der Waals surface area contributed by atoms with E-state index in [1.54, 1.807) is 46.3 Å². The van der Waals surface area contributed by atoms with Crippen LogP contribution < -0.4 is 11.5 Å². The first-order valence-corrected chi connectivity index (χ1v) is 13.1. The zero-order chi connectivity index (χ0) is 27.8. The highest BCUT2D eigenvalue weighted by Crippen LogP contribution is 2.37. The zero-order valence-corrected chi connectivity index (χ0v) is 22.2. The summed E-state index contributed by atoms with van der Waals surface area (Å²) in [5, 5.41) is 4.56. The molecule has 10 nitrogen and oxygen atoms in total. The van der Waals surface area contributed by atoms with Crippen molar-refractivity contribution in [1.29, 1.82) is 0 Å². The van der Waals surface area contributed by atoms with E-state index in [-0.39, 0.29) is 11.8 Å². The van der Waals surface area contributed by atoms with Gasteiger partial charge in [-0.1, -0.05) is 12.6 Å². The Bertz CT molecular complexity index is 1720. The highest BCUT2D eigenvalue weighted by molar-refractivity contribution is 5.97. The summed E-state index contributed by atoms with van der Waals surface area (Å²) in [6.45, 7) is 7.24. The number of nitrogen functional groups attached to an aromatic ring is 2. The number of nitrogens with two attached hydrogens (primary N) is 2. The fourth-order valence-corrected chi connectivity index (χ4v) is 5.31. The van der Waals surface area contributed by atoms with E-state index >= 15 is 0 Å². The van der Waals surface area contributed by atoms with Crippen LogP contribution in [0.4, 0.5) is 11.5 Å². The molecule has 0 atom stereocenters. The Hall–Kier alpha value is -5.12. The molecule has 4 N–H and O–H groups in total. The predicted molar refractivity (Wildman–Crippen MR) is 155 cm³/mol. The van der Waals surface area contributed by atoms with Crippen molar-refractivity contribution in [3.8, 4) is 22.4 Å². The van der Waals surface area contributed by atoms with Crippen LogP contribution in [0.1, 0.15) is 47.4 Å². The molecule has 5 aromatic heterocycles. The molecular formula is C30H29N9O. The van der Waals surface area contributed by atoms with Crippen LogP contribution in [0.2, 0.25) is 0 Å². The zero-order valence-electron chi connectivity index (χ0n) is 22.2. The van der Waals surface area contributed by atoms with E-state index in [2.05, 4.69) is 26.6 Å². The number of carbonyl (C=O) groups is 1. The number of nitrogens with zero attached hydrogens (tertiary/aromatic N) is 7. The third-order valence-electron chi connectivity index (χ3n) is 7.38. The van der Waals surface area contributed by atoms with Gasteiger partial charge in [-0.2, -0.15) is 9.61 Å². The first-order valence-electron chi connectivity index (χ1n) is 13.1. The number of aromatic nitrogens is 6. The number of rotatable bonds is 5. The molecule has 0 aromatic carbocycles. The minimum atomic E-state index is -0.153. The molecule has 6 heterocycles. The fourth-order valence-electron chi connectivity index (χ4n) is 5.31. The van der Waals surface area contributed by atoms with Gasteiger partial charge in [-0.15, -0.1) is 0 Å². The Morgan fingerprint density at radius 3 is 2.45 bits per heavy atom. The smallest absolute Gasteiger partial charge is 0.274 e. The fraction of sp³-hybridized carbons (Fsp3) is 0.200. The average molecular weight is 532 g/mol. The number of allylic oxidation sites excluding steroid dienone is 1. The van der Waals surface area contributed by atoms with E-state index in [9.17, 15) is 4.79 Å². The van der Waals surface area contributed by atoms with Crippen molar-refractivity contribution in [1.82, 2.24) is 34.4 Å². The molecule has 0 unspecified atom stereocenters. The van der Waals surface area contributed by atoms with Crippen molar-refractivity contribution in [2.45, 2.75) is 25.7 Å². The summed E-state index contributed by atoms with van der Waals surface area (Å²) in [7, 11) is 0. The molecule has 0 spiro atoms. The van der Waals surface area contributed by atoms with E-state index < -0.39 is 0 Å². The summed E-state index contributed by atoms with van der Waals surface area (Å²) >= 11 is 0. The number of piperidine rings is 1. The summed E-state index contributed by atoms with van der Waals surface area (Å²) in [5.74, 6) is 0.441. The Balaban J connectivity index is 1.32. The van der Waals surface area contributed by atoms with Crippen LogP contribution in [0.5, 0.6) is 0 Å². The maximum Gasteiger partial charge on any atom is 0.274 e. The van der Waals surface area contributed by atoms with Gasteiger partial charge in [0.25, 0.3) is 5.91 Å². The van der Waals surface area contributed by atoms with Crippen molar-refractivity contribution in [2.75, 3.05) is 24.6 Å². The first-order chi connectivity index (χ1) is 19.4. The van der Waals surface area contributed by atoms with Gasteiger partial charge in [0.15, 0.2) is 11.3 Å². The van der Waals surface area contributed by atoms with Crippen molar-refractivity contribution in [3.05, 3.63) is 90.9 Å². The molecule has 0 aliphatic carbocycles. The van der Waals surface area contributed by atoms with Crippen LogP contribution in [0.15, 0.2) is 74.0 Å². The lowest BCUT2D eigenvalue weighted by atomic mass is 9.88. The maximum absolute atomic E-state index is 13.1. The van der Waals surface area contributed by atoms with Crippen molar-refractivity contribution in [3.63, 3.8) is 0 Å². The Morgan fingerprint density at radius 2 is 1.77 bits per heavy atom. The van der Waals surface area contributed by atoms with Crippen molar-refractivity contribution < 1.29 is 4.79 Å². The van der Waals surface area contributed by atoms with Gasteiger partial charge in [0.2, 0.25) is 0 Å². The van der Waals surface area contributed by atoms with Gasteiger partial charge in [0, 0.05) is 66.0 Å². The largest absolute Gasteiger partial charge is 0.397 e. The van der Waals surface area contributed by atoms with Crippen LogP contribution in [0.3, 0.4) is 0 Å². The SMILES string of the molecule is C=C(C)c1c(C2CCN(C(=O)c3ncccc3N)CC2)nc2c(-c3ccc(-c4cccnc4)nc3)cnn2c1N. The molecule has 10 heteroatoms. The molecule has 200 valence electrons. The Labute approximate surface area is 231 Å². The summed E-state index contributed by atoms with van der Waals surface area (Å²) in [5.41, 5.74) is 20.0. The highest BCUT2D eigenvalue weighted by Gasteiger charge is 2.30. The molecule has 5 aromatic rings. The number of pyridine rings is 3. The summed E-state index contributed by atoms with van der Waals surface area (Å²) in [6, 6.07) is 11.2. The normalized spacial score (nSPS) is 14.0. The van der Waals surface area contributed by atoms with E-state index in [4.69, 9.17) is 16.5 Å². The summed E-state index contributed by atoms with van der Waals surface area (Å²) in [6.07, 6.45) is 10.2. The second-order valence-corrected chi connectivity index (χ2v) is 10.0. The molecule has 1 saturated heterocycles. The van der Waals surface area contributed by atoms with Crippen LogP contribution in [0.25, 0.3) is 33.6 Å². The number of likely N-dealkylation sites (tertiary alicyclic amines) is 1. The average Bonchev–Trinajstić information content (AvgIpc) is 3.42. The second-order valence-electron chi connectivity index (χ2n) is 10.0. The first kappa shape index (κ1) is 25.2. The monoisotopic (exact) mass is 531 g/mol. The third kappa shape index (κ3) is 4.43. The van der Waals surface area contributed by atoms with Gasteiger partial charge in [0.1, 0.15) is 5.82 Å². The van der Waals surface area contributed by atoms with Crippen LogP contribution in [-0.4, -0.2) is 53.4 Å². The molecule has 1 fully saturated rings. The van der Waals surface area contributed by atoms with Gasteiger partial charge in [0.05, 0.1) is 23.3 Å². The molecule has 1 aliphatic heterocycles. The number of hydrogen-bond acceptors (Lipinski definition) is 8. The number of hydrogen-bond donors (Lipinski definition) is 2. The third-order valence-corrected chi connectivity index (χ3v) is 7.38. The summed E-state index contributed by atoms with van der Waals surface area (Å²) < 4.78 is 1.67. The standard InChI is InChI=1S/C30H29N9O/c1-18(2)25-26(19-9-13-38(14-10-19)30(40)27-23(31)6-4-12-34-27)37-29-22(17-36-39(29)28(25)32)20-7-8-24(35-16-20)21-5-3-11-33-15-21/h3-8,11-12,15-17,19H,1,9-10,13-14,31-32H2,2H3. The van der Waals surface area contributed by atoms with Gasteiger partial charge in [-0.3, -0.25) is 14.8 Å². The van der Waals surface area contributed by atoms with Gasteiger partial charge < -0.3 is 16.4 Å². The molecule has 0 saturated carbocycles. The second kappa shape index (κ2) is 10.2. The van der Waals surface area contributed by atoms with E-state index in [1.807, 2.05) is 37.4 Å². The lowest BCUT2D eigenvalue weighted by molar-refractivity contribution is 0.0707. The van der Waals surface area contributed by atoms with E-state index in [1.165, 1.54) is 0 Å². The number of anilines is 2. The lowest BCUT2D eigenvalue weighted by Crippen LogP contribution is -2.39. The Morgan fingerprint density at radius 1 is 0.975 bits per heavy atom. The Kier molecular flexibility index (Phi) is 6.43. The predicted octanol–water partition coefficient (Wildman–Crippen LogP) is 4.47. The lowest BCUT2D eigenvalue weighted by Gasteiger charge is -2.32. The number of amides is 1.